The minimum Gasteiger partial charge on any atom is -0.486 e. The van der Waals surface area contributed by atoms with Crippen LogP contribution < -0.4 is 25.4 Å². The molecule has 3 amide bonds. The molecule has 0 saturated heterocycles. The van der Waals surface area contributed by atoms with Gasteiger partial charge < -0.3 is 24.5 Å². The van der Waals surface area contributed by atoms with Gasteiger partial charge in [0.25, 0.3) is 0 Å². The number of ether oxygens (including phenoxy) is 2. The maximum absolute atomic E-state index is 12.0. The van der Waals surface area contributed by atoms with Crippen LogP contribution in [0.1, 0.15) is 12.2 Å². The Morgan fingerprint density at radius 2 is 2.00 bits per heavy atom. The highest BCUT2D eigenvalue weighted by Gasteiger charge is 2.14. The summed E-state index contributed by atoms with van der Waals surface area (Å²) in [5.74, 6) is 2.07. The molecule has 31 heavy (non-hydrogen) atoms. The van der Waals surface area contributed by atoms with Crippen molar-refractivity contribution in [2.45, 2.75) is 17.3 Å². The molecular weight excluding hydrogens is 442 g/mol. The topological polar surface area (TPSA) is 128 Å². The molecular formula is C19H19N5O5S2. The zero-order chi connectivity index (χ0) is 21.5. The molecule has 0 unspecified atom stereocenters. The Bertz CT molecular complexity index is 1040. The lowest BCUT2D eigenvalue weighted by molar-refractivity contribution is -0.119. The number of nitrogens with zero attached hydrogens (tertiary/aromatic N) is 2. The highest BCUT2D eigenvalue weighted by Crippen LogP contribution is 2.32. The van der Waals surface area contributed by atoms with Crippen molar-refractivity contribution < 1.29 is 23.5 Å². The molecule has 2 aromatic heterocycles. The quantitative estimate of drug-likeness (QED) is 0.433. The number of benzene rings is 1. The van der Waals surface area contributed by atoms with Crippen molar-refractivity contribution in [1.29, 1.82) is 0 Å². The molecule has 1 aliphatic rings. The van der Waals surface area contributed by atoms with Crippen molar-refractivity contribution in [3.8, 4) is 11.5 Å². The number of fused-ring (bicyclic) bond motifs is 1. The van der Waals surface area contributed by atoms with Gasteiger partial charge in [-0.25, -0.2) is 4.79 Å². The lowest BCUT2D eigenvalue weighted by atomic mass is 10.2. The van der Waals surface area contributed by atoms with Crippen LogP contribution >= 0.6 is 23.1 Å². The van der Waals surface area contributed by atoms with Crippen molar-refractivity contribution in [3.63, 3.8) is 0 Å². The van der Waals surface area contributed by atoms with Crippen LogP contribution in [-0.2, 0) is 11.3 Å². The summed E-state index contributed by atoms with van der Waals surface area (Å²) < 4.78 is 16.9. The minimum atomic E-state index is -0.605. The van der Waals surface area contributed by atoms with Gasteiger partial charge in [-0.2, -0.15) is 0 Å². The second-order valence-corrected chi connectivity index (χ2v) is 8.58. The first-order chi connectivity index (χ1) is 15.2. The number of hydrogen-bond donors (Lipinski definition) is 3. The van der Waals surface area contributed by atoms with Crippen LogP contribution in [0.4, 0.5) is 15.6 Å². The molecule has 0 bridgehead atoms. The fraction of sp³-hybridized carbons (Fsp3) is 0.263. The summed E-state index contributed by atoms with van der Waals surface area (Å²) in [5, 5.41) is 16.8. The lowest BCUT2D eigenvalue weighted by Crippen LogP contribution is -2.34. The summed E-state index contributed by atoms with van der Waals surface area (Å²) >= 11 is 2.79. The molecule has 0 fully saturated rings. The van der Waals surface area contributed by atoms with Crippen LogP contribution in [0.2, 0.25) is 0 Å². The van der Waals surface area contributed by atoms with E-state index in [1.54, 1.807) is 24.5 Å². The van der Waals surface area contributed by atoms with Crippen LogP contribution in [0.5, 0.6) is 11.5 Å². The van der Waals surface area contributed by atoms with Crippen LogP contribution in [0.15, 0.2) is 45.4 Å². The van der Waals surface area contributed by atoms with Gasteiger partial charge in [-0.15, -0.1) is 10.2 Å². The van der Waals surface area contributed by atoms with E-state index in [1.807, 2.05) is 12.1 Å². The summed E-state index contributed by atoms with van der Waals surface area (Å²) in [6.45, 7) is 1.47. The molecule has 3 heterocycles. The van der Waals surface area contributed by atoms with Gasteiger partial charge in [0.05, 0.1) is 12.8 Å². The van der Waals surface area contributed by atoms with Crippen molar-refractivity contribution in [2.75, 3.05) is 29.6 Å². The largest absolute Gasteiger partial charge is 0.486 e. The number of anilines is 2. The van der Waals surface area contributed by atoms with E-state index in [0.717, 1.165) is 10.1 Å². The SMILES string of the molecule is O=C(CCSc1nnc(NCc2ccco2)s1)NC(=O)Nc1ccc2c(c1)OCCO2. The molecule has 1 aromatic carbocycles. The summed E-state index contributed by atoms with van der Waals surface area (Å²) in [6.07, 6.45) is 1.77. The zero-order valence-electron chi connectivity index (χ0n) is 16.3. The minimum absolute atomic E-state index is 0.161. The highest BCUT2D eigenvalue weighted by molar-refractivity contribution is 8.01. The number of carbonyl (C=O) groups is 2. The van der Waals surface area contributed by atoms with Crippen LogP contribution in [0.25, 0.3) is 0 Å². The van der Waals surface area contributed by atoms with Gasteiger partial charge in [-0.1, -0.05) is 23.1 Å². The highest BCUT2D eigenvalue weighted by atomic mass is 32.2. The average molecular weight is 462 g/mol. The fourth-order valence-corrected chi connectivity index (χ4v) is 4.38. The maximum Gasteiger partial charge on any atom is 0.325 e. The number of amides is 3. The van der Waals surface area contributed by atoms with E-state index in [9.17, 15) is 9.59 Å². The molecule has 4 rings (SSSR count). The number of urea groups is 1. The number of carbonyl (C=O) groups excluding carboxylic acids is 2. The van der Waals surface area contributed by atoms with Gasteiger partial charge in [0.15, 0.2) is 15.8 Å². The second-order valence-electron chi connectivity index (χ2n) is 6.27. The predicted molar refractivity (Wildman–Crippen MR) is 116 cm³/mol. The first-order valence-corrected chi connectivity index (χ1v) is 11.2. The first kappa shape index (κ1) is 21.0. The van der Waals surface area contributed by atoms with Crippen molar-refractivity contribution in [2.24, 2.45) is 0 Å². The van der Waals surface area contributed by atoms with Crippen LogP contribution in [0.3, 0.4) is 0 Å². The number of imide groups is 1. The van der Waals surface area contributed by atoms with E-state index in [-0.39, 0.29) is 12.3 Å². The zero-order valence-corrected chi connectivity index (χ0v) is 17.9. The third-order valence-corrected chi connectivity index (χ3v) is 6.02. The van der Waals surface area contributed by atoms with Crippen LogP contribution in [0, 0.1) is 0 Å². The van der Waals surface area contributed by atoms with Gasteiger partial charge in [-0.3, -0.25) is 10.1 Å². The van der Waals surface area contributed by atoms with Gasteiger partial charge >= 0.3 is 6.03 Å². The van der Waals surface area contributed by atoms with E-state index >= 15 is 0 Å². The second kappa shape index (κ2) is 10.2. The van der Waals surface area contributed by atoms with Gasteiger partial charge in [0.1, 0.15) is 19.0 Å². The maximum atomic E-state index is 12.0. The summed E-state index contributed by atoms with van der Waals surface area (Å²) in [7, 11) is 0. The molecule has 0 saturated carbocycles. The van der Waals surface area contributed by atoms with Crippen molar-refractivity contribution in [1.82, 2.24) is 15.5 Å². The molecule has 10 nitrogen and oxygen atoms in total. The Morgan fingerprint density at radius 1 is 1.13 bits per heavy atom. The average Bonchev–Trinajstić information content (AvgIpc) is 3.44. The van der Waals surface area contributed by atoms with E-state index in [1.165, 1.54) is 23.1 Å². The van der Waals surface area contributed by atoms with Crippen molar-refractivity contribution >= 4 is 45.9 Å². The molecule has 0 spiro atoms. The number of furan rings is 1. The van der Waals surface area contributed by atoms with Gasteiger partial charge in [0, 0.05) is 23.9 Å². The molecule has 0 aliphatic carbocycles. The third kappa shape index (κ3) is 6.12. The number of thioether (sulfide) groups is 1. The van der Waals surface area contributed by atoms with E-state index in [2.05, 4.69) is 26.1 Å². The Kier molecular flexibility index (Phi) is 6.89. The Balaban J connectivity index is 1.16. The smallest absolute Gasteiger partial charge is 0.325 e. The fourth-order valence-electron chi connectivity index (χ4n) is 2.62. The molecule has 3 N–H and O–H groups in total. The predicted octanol–water partition coefficient (Wildman–Crippen LogP) is 3.34. The Morgan fingerprint density at radius 3 is 2.84 bits per heavy atom. The van der Waals surface area contributed by atoms with E-state index < -0.39 is 6.03 Å². The lowest BCUT2D eigenvalue weighted by Gasteiger charge is -2.19. The molecule has 3 aromatic rings. The van der Waals surface area contributed by atoms with E-state index in [0.29, 0.717) is 47.8 Å². The Labute approximate surface area is 185 Å². The number of nitrogens with one attached hydrogen (secondary N) is 3. The van der Waals surface area contributed by atoms with Gasteiger partial charge in [0.2, 0.25) is 11.0 Å². The number of rotatable bonds is 8. The first-order valence-electron chi connectivity index (χ1n) is 9.39. The van der Waals surface area contributed by atoms with Crippen LogP contribution in [-0.4, -0.2) is 41.1 Å². The molecule has 0 atom stereocenters. The summed E-state index contributed by atoms with van der Waals surface area (Å²) in [5.41, 5.74) is 0.507. The molecule has 1 aliphatic heterocycles. The van der Waals surface area contributed by atoms with Crippen molar-refractivity contribution in [3.05, 3.63) is 42.4 Å². The molecule has 12 heteroatoms. The summed E-state index contributed by atoms with van der Waals surface area (Å²) in [6, 6.07) is 8.13. The van der Waals surface area contributed by atoms with Gasteiger partial charge in [-0.05, 0) is 24.3 Å². The van der Waals surface area contributed by atoms with E-state index in [4.69, 9.17) is 13.9 Å². The summed E-state index contributed by atoms with van der Waals surface area (Å²) in [4.78, 5) is 24.1. The normalized spacial score (nSPS) is 12.3. The number of aromatic nitrogens is 2. The Hall–Kier alpha value is -3.25. The molecule has 0 radical (unpaired) electrons. The third-order valence-electron chi connectivity index (χ3n) is 4.01. The number of hydrogen-bond acceptors (Lipinski definition) is 10. The monoisotopic (exact) mass is 461 g/mol. The molecule has 162 valence electrons. The standard InChI is InChI=1S/C19H19N5O5S2/c25-16(22-17(26)21-12-3-4-14-15(10-12)29-8-7-28-14)5-9-30-19-24-23-18(31-19)20-11-13-2-1-6-27-13/h1-4,6,10H,5,7-9,11H2,(H,20,23)(H2,21,22,25,26).